The van der Waals surface area contributed by atoms with Gasteiger partial charge in [0.1, 0.15) is 0 Å². The van der Waals surface area contributed by atoms with Crippen molar-refractivity contribution in [3.8, 4) is 0 Å². The molecule has 4 rings (SSSR count). The van der Waals surface area contributed by atoms with Crippen LogP contribution in [0, 0.1) is 5.92 Å². The lowest BCUT2D eigenvalue weighted by atomic mass is 9.95. The first-order valence-electron chi connectivity index (χ1n) is 8.37. The maximum atomic E-state index is 12.5. The van der Waals surface area contributed by atoms with Crippen LogP contribution in [0.25, 0.3) is 0 Å². The SMILES string of the molecule is Cl.NC(CNC(=O)C1CC12CCc1ccccc12)c1ccccc1. The molecule has 2 aromatic rings. The van der Waals surface area contributed by atoms with Crippen molar-refractivity contribution in [1.82, 2.24) is 5.32 Å². The van der Waals surface area contributed by atoms with Gasteiger partial charge in [-0.3, -0.25) is 4.79 Å². The first-order chi connectivity index (χ1) is 11.2. The molecule has 0 bridgehead atoms. The molecule has 3 unspecified atom stereocenters. The van der Waals surface area contributed by atoms with E-state index in [1.54, 1.807) is 0 Å². The van der Waals surface area contributed by atoms with Gasteiger partial charge >= 0.3 is 0 Å². The molecule has 1 saturated carbocycles. The van der Waals surface area contributed by atoms with Crippen molar-refractivity contribution in [2.45, 2.75) is 30.7 Å². The summed E-state index contributed by atoms with van der Waals surface area (Å²) in [5.41, 5.74) is 10.2. The number of aryl methyl sites for hydroxylation is 1. The van der Waals surface area contributed by atoms with Gasteiger partial charge < -0.3 is 11.1 Å². The molecule has 3 nitrogen and oxygen atoms in total. The van der Waals surface area contributed by atoms with Gasteiger partial charge in [0.2, 0.25) is 5.91 Å². The number of carbonyl (C=O) groups excluding carboxylic acids is 1. The van der Waals surface area contributed by atoms with Gasteiger partial charge in [0.05, 0.1) is 0 Å². The van der Waals surface area contributed by atoms with Gasteiger partial charge in [-0.15, -0.1) is 12.4 Å². The van der Waals surface area contributed by atoms with E-state index in [2.05, 4.69) is 29.6 Å². The van der Waals surface area contributed by atoms with Gasteiger partial charge in [-0.25, -0.2) is 0 Å². The fourth-order valence-corrected chi connectivity index (χ4v) is 4.09. The highest BCUT2D eigenvalue weighted by atomic mass is 35.5. The highest BCUT2D eigenvalue weighted by Gasteiger charge is 2.61. The lowest BCUT2D eigenvalue weighted by Crippen LogP contribution is -2.34. The van der Waals surface area contributed by atoms with Gasteiger partial charge in [0.15, 0.2) is 0 Å². The van der Waals surface area contributed by atoms with E-state index >= 15 is 0 Å². The number of benzene rings is 2. The molecule has 0 aromatic heterocycles. The zero-order chi connectivity index (χ0) is 15.9. The van der Waals surface area contributed by atoms with E-state index in [1.807, 2.05) is 30.3 Å². The topological polar surface area (TPSA) is 55.1 Å². The molecule has 3 atom stereocenters. The summed E-state index contributed by atoms with van der Waals surface area (Å²) in [4.78, 5) is 12.5. The Hall–Kier alpha value is -1.84. The Morgan fingerprint density at radius 2 is 1.88 bits per heavy atom. The van der Waals surface area contributed by atoms with E-state index in [1.165, 1.54) is 11.1 Å². The van der Waals surface area contributed by atoms with Crippen LogP contribution in [-0.4, -0.2) is 12.5 Å². The number of carbonyl (C=O) groups is 1. The molecule has 4 heteroatoms. The van der Waals surface area contributed by atoms with E-state index in [4.69, 9.17) is 5.73 Å². The molecule has 2 aromatic carbocycles. The molecule has 0 saturated heterocycles. The third-order valence-electron chi connectivity index (χ3n) is 5.51. The quantitative estimate of drug-likeness (QED) is 0.897. The standard InChI is InChI=1S/C20H22N2O.ClH/c21-18(15-7-2-1-3-8-15)13-22-19(23)17-12-20(17)11-10-14-6-4-5-9-16(14)20;/h1-9,17-18H,10-13,21H2,(H,22,23);1H. The molecule has 3 N–H and O–H groups in total. The Labute approximate surface area is 149 Å². The van der Waals surface area contributed by atoms with E-state index in [-0.39, 0.29) is 35.7 Å². The van der Waals surface area contributed by atoms with Crippen LogP contribution in [0.5, 0.6) is 0 Å². The minimum absolute atomic E-state index is 0. The normalized spacial score (nSPS) is 24.8. The van der Waals surface area contributed by atoms with Gasteiger partial charge in [-0.05, 0) is 36.0 Å². The van der Waals surface area contributed by atoms with Crippen LogP contribution < -0.4 is 11.1 Å². The molecule has 2 aliphatic carbocycles. The van der Waals surface area contributed by atoms with Crippen LogP contribution in [-0.2, 0) is 16.6 Å². The monoisotopic (exact) mass is 342 g/mol. The van der Waals surface area contributed by atoms with Crippen molar-refractivity contribution in [3.63, 3.8) is 0 Å². The summed E-state index contributed by atoms with van der Waals surface area (Å²) >= 11 is 0. The largest absolute Gasteiger partial charge is 0.354 e. The minimum atomic E-state index is -0.147. The van der Waals surface area contributed by atoms with Crippen molar-refractivity contribution < 1.29 is 4.79 Å². The Bertz CT molecular complexity index is 733. The minimum Gasteiger partial charge on any atom is -0.354 e. The van der Waals surface area contributed by atoms with Crippen molar-refractivity contribution >= 4 is 18.3 Å². The molecule has 126 valence electrons. The predicted molar refractivity (Wildman–Crippen MR) is 98.2 cm³/mol. The van der Waals surface area contributed by atoms with Crippen LogP contribution in [0.15, 0.2) is 54.6 Å². The van der Waals surface area contributed by atoms with Crippen LogP contribution in [0.3, 0.4) is 0 Å². The van der Waals surface area contributed by atoms with E-state index in [0.717, 1.165) is 24.8 Å². The fraction of sp³-hybridized carbons (Fsp3) is 0.350. The average Bonchev–Trinajstić information content (AvgIpc) is 3.22. The van der Waals surface area contributed by atoms with Crippen LogP contribution >= 0.6 is 12.4 Å². The van der Waals surface area contributed by atoms with Crippen LogP contribution in [0.1, 0.15) is 35.6 Å². The zero-order valence-corrected chi connectivity index (χ0v) is 14.4. The summed E-state index contributed by atoms with van der Waals surface area (Å²) < 4.78 is 0. The number of nitrogens with two attached hydrogens (primary N) is 1. The highest BCUT2D eigenvalue weighted by Crippen LogP contribution is 2.61. The van der Waals surface area contributed by atoms with Gasteiger partial charge in [0.25, 0.3) is 0 Å². The van der Waals surface area contributed by atoms with Crippen molar-refractivity contribution in [1.29, 1.82) is 0 Å². The third kappa shape index (κ3) is 2.83. The summed E-state index contributed by atoms with van der Waals surface area (Å²) in [6, 6.07) is 18.4. The van der Waals surface area contributed by atoms with E-state index in [9.17, 15) is 4.79 Å². The molecule has 1 amide bonds. The number of hydrogen-bond donors (Lipinski definition) is 2. The predicted octanol–water partition coefficient (Wildman–Crippen LogP) is 3.13. The van der Waals surface area contributed by atoms with Crippen molar-refractivity contribution in [2.75, 3.05) is 6.54 Å². The number of halogens is 1. The van der Waals surface area contributed by atoms with Gasteiger partial charge in [-0.1, -0.05) is 54.6 Å². The zero-order valence-electron chi connectivity index (χ0n) is 13.6. The lowest BCUT2D eigenvalue weighted by Gasteiger charge is -2.15. The molecule has 24 heavy (non-hydrogen) atoms. The van der Waals surface area contributed by atoms with E-state index < -0.39 is 0 Å². The van der Waals surface area contributed by atoms with Crippen LogP contribution in [0.2, 0.25) is 0 Å². The van der Waals surface area contributed by atoms with Gasteiger partial charge in [0, 0.05) is 23.9 Å². The van der Waals surface area contributed by atoms with Crippen molar-refractivity contribution in [3.05, 3.63) is 71.3 Å². The summed E-state index contributed by atoms with van der Waals surface area (Å²) in [6.45, 7) is 0.497. The maximum absolute atomic E-state index is 12.5. The second-order valence-electron chi connectivity index (χ2n) is 6.83. The lowest BCUT2D eigenvalue weighted by molar-refractivity contribution is -0.122. The number of hydrogen-bond acceptors (Lipinski definition) is 2. The molecule has 0 heterocycles. The van der Waals surface area contributed by atoms with E-state index in [0.29, 0.717) is 6.54 Å². The molecule has 0 aliphatic heterocycles. The molecule has 0 radical (unpaired) electrons. The number of rotatable bonds is 4. The maximum Gasteiger partial charge on any atom is 0.224 e. The smallest absolute Gasteiger partial charge is 0.224 e. The Balaban J connectivity index is 0.00000169. The number of fused-ring (bicyclic) bond motifs is 2. The summed E-state index contributed by atoms with van der Waals surface area (Å²) in [5.74, 6) is 0.280. The molecule has 1 spiro atoms. The number of amides is 1. The average molecular weight is 343 g/mol. The molecular formula is C20H23ClN2O. The molecular weight excluding hydrogens is 320 g/mol. The Kier molecular flexibility index (Phi) is 4.66. The molecule has 2 aliphatic rings. The Morgan fingerprint density at radius 1 is 1.17 bits per heavy atom. The fourth-order valence-electron chi connectivity index (χ4n) is 4.09. The third-order valence-corrected chi connectivity index (χ3v) is 5.51. The van der Waals surface area contributed by atoms with Crippen LogP contribution in [0.4, 0.5) is 0 Å². The highest BCUT2D eigenvalue weighted by molar-refractivity contribution is 5.85. The Morgan fingerprint density at radius 3 is 2.67 bits per heavy atom. The first-order valence-corrected chi connectivity index (χ1v) is 8.37. The number of nitrogens with one attached hydrogen (secondary N) is 1. The summed E-state index contributed by atoms with van der Waals surface area (Å²) in [6.07, 6.45) is 3.19. The molecule has 1 fully saturated rings. The summed E-state index contributed by atoms with van der Waals surface area (Å²) in [7, 11) is 0. The second kappa shape index (κ2) is 6.58. The first kappa shape index (κ1) is 17.0. The second-order valence-corrected chi connectivity index (χ2v) is 6.83. The van der Waals surface area contributed by atoms with Gasteiger partial charge in [-0.2, -0.15) is 0 Å². The summed E-state index contributed by atoms with van der Waals surface area (Å²) in [5, 5.41) is 3.06. The van der Waals surface area contributed by atoms with Crippen molar-refractivity contribution in [2.24, 2.45) is 11.7 Å².